The third kappa shape index (κ3) is 3.15. The highest BCUT2D eigenvalue weighted by Crippen LogP contribution is 2.26. The summed E-state index contributed by atoms with van der Waals surface area (Å²) in [5.41, 5.74) is 8.06. The first-order valence-corrected chi connectivity index (χ1v) is 7.02. The molecule has 0 aliphatic rings. The molecule has 0 aliphatic carbocycles. The Morgan fingerprint density at radius 2 is 2.05 bits per heavy atom. The molecule has 1 aromatic heterocycles. The summed E-state index contributed by atoms with van der Waals surface area (Å²) in [6.45, 7) is 6.16. The number of carbonyl (C=O) groups excluding carboxylic acids is 1. The molecule has 0 radical (unpaired) electrons. The Morgan fingerprint density at radius 3 is 2.63 bits per heavy atom. The molecule has 1 atom stereocenters. The summed E-state index contributed by atoms with van der Waals surface area (Å²) in [7, 11) is 0. The first-order valence-electron chi connectivity index (χ1n) is 6.20. The Bertz CT molecular complexity index is 604. The molecule has 1 aromatic carbocycles. The molecule has 3 N–H and O–H groups in total. The Balaban J connectivity index is 2.13. The van der Waals surface area contributed by atoms with Crippen LogP contribution in [0.4, 0.5) is 5.69 Å². The van der Waals surface area contributed by atoms with E-state index in [4.69, 9.17) is 5.73 Å². The Hall–Kier alpha value is -1.81. The van der Waals surface area contributed by atoms with Crippen molar-refractivity contribution in [2.45, 2.75) is 26.8 Å². The lowest BCUT2D eigenvalue weighted by Crippen LogP contribution is -2.26. The molecule has 0 bridgehead atoms. The van der Waals surface area contributed by atoms with E-state index in [0.29, 0.717) is 11.3 Å². The molecule has 3 nitrogen and oxygen atoms in total. The van der Waals surface area contributed by atoms with E-state index in [1.807, 2.05) is 6.92 Å². The fraction of sp³-hybridized carbons (Fsp3) is 0.267. The van der Waals surface area contributed by atoms with Gasteiger partial charge < -0.3 is 11.1 Å². The van der Waals surface area contributed by atoms with Gasteiger partial charge in [-0.3, -0.25) is 4.79 Å². The lowest BCUT2D eigenvalue weighted by Gasteiger charge is -2.14. The maximum atomic E-state index is 12.1. The van der Waals surface area contributed by atoms with Gasteiger partial charge in [-0.1, -0.05) is 6.07 Å². The van der Waals surface area contributed by atoms with E-state index in [1.165, 1.54) is 15.3 Å². The number of hydrogen-bond acceptors (Lipinski definition) is 3. The van der Waals surface area contributed by atoms with Crippen molar-refractivity contribution in [3.05, 3.63) is 51.2 Å². The van der Waals surface area contributed by atoms with Crippen molar-refractivity contribution in [1.29, 1.82) is 0 Å². The number of benzene rings is 1. The maximum absolute atomic E-state index is 12.1. The smallest absolute Gasteiger partial charge is 0.251 e. The highest BCUT2D eigenvalue weighted by atomic mass is 32.1. The lowest BCUT2D eigenvalue weighted by atomic mass is 10.1. The van der Waals surface area contributed by atoms with Crippen LogP contribution >= 0.6 is 11.3 Å². The van der Waals surface area contributed by atoms with Gasteiger partial charge in [-0.15, -0.1) is 11.3 Å². The Kier molecular flexibility index (Phi) is 3.90. The first kappa shape index (κ1) is 13.6. The summed E-state index contributed by atoms with van der Waals surface area (Å²) in [6.07, 6.45) is 0. The predicted octanol–water partition coefficient (Wildman–Crippen LogP) is 3.44. The quantitative estimate of drug-likeness (QED) is 0.842. The van der Waals surface area contributed by atoms with Crippen molar-refractivity contribution in [3.8, 4) is 0 Å². The molecule has 19 heavy (non-hydrogen) atoms. The number of amides is 1. The minimum atomic E-state index is -0.0944. The number of nitrogens with two attached hydrogens (primary N) is 1. The number of rotatable bonds is 3. The molecule has 1 unspecified atom stereocenters. The monoisotopic (exact) mass is 274 g/mol. The first-order chi connectivity index (χ1) is 8.97. The lowest BCUT2D eigenvalue weighted by molar-refractivity contribution is 0.0940. The van der Waals surface area contributed by atoms with Crippen LogP contribution in [0.25, 0.3) is 0 Å². The second kappa shape index (κ2) is 5.45. The largest absolute Gasteiger partial charge is 0.399 e. The number of anilines is 1. The zero-order chi connectivity index (χ0) is 14.0. The van der Waals surface area contributed by atoms with Gasteiger partial charge in [0.05, 0.1) is 6.04 Å². The highest BCUT2D eigenvalue weighted by molar-refractivity contribution is 7.12. The van der Waals surface area contributed by atoms with Crippen LogP contribution in [-0.4, -0.2) is 5.91 Å². The molecule has 0 saturated carbocycles. The van der Waals surface area contributed by atoms with E-state index in [2.05, 4.69) is 25.2 Å². The molecule has 2 aromatic rings. The summed E-state index contributed by atoms with van der Waals surface area (Å²) in [5, 5.41) is 3.01. The van der Waals surface area contributed by atoms with E-state index in [9.17, 15) is 4.79 Å². The van der Waals surface area contributed by atoms with Crippen molar-refractivity contribution in [3.63, 3.8) is 0 Å². The molecule has 4 heteroatoms. The van der Waals surface area contributed by atoms with Gasteiger partial charge in [-0.25, -0.2) is 0 Å². The van der Waals surface area contributed by atoms with Crippen LogP contribution in [0.2, 0.25) is 0 Å². The van der Waals surface area contributed by atoms with Crippen molar-refractivity contribution >= 4 is 22.9 Å². The topological polar surface area (TPSA) is 55.1 Å². The summed E-state index contributed by atoms with van der Waals surface area (Å²) >= 11 is 1.75. The Labute approximate surface area is 117 Å². The van der Waals surface area contributed by atoms with Gasteiger partial charge in [0.15, 0.2) is 0 Å². The van der Waals surface area contributed by atoms with Crippen LogP contribution in [0, 0.1) is 13.8 Å². The Morgan fingerprint density at radius 1 is 1.32 bits per heavy atom. The third-order valence-corrected chi connectivity index (χ3v) is 4.02. The van der Waals surface area contributed by atoms with Gasteiger partial charge >= 0.3 is 0 Å². The molecule has 100 valence electrons. The van der Waals surface area contributed by atoms with E-state index in [-0.39, 0.29) is 11.9 Å². The minimum Gasteiger partial charge on any atom is -0.399 e. The van der Waals surface area contributed by atoms with Gasteiger partial charge in [-0.2, -0.15) is 0 Å². The van der Waals surface area contributed by atoms with Crippen molar-refractivity contribution in [1.82, 2.24) is 5.32 Å². The minimum absolute atomic E-state index is 0.00104. The summed E-state index contributed by atoms with van der Waals surface area (Å²) in [4.78, 5) is 14.6. The average Bonchev–Trinajstić information content (AvgIpc) is 2.68. The zero-order valence-corrected chi connectivity index (χ0v) is 12.2. The van der Waals surface area contributed by atoms with E-state index >= 15 is 0 Å². The normalized spacial score (nSPS) is 12.2. The van der Waals surface area contributed by atoms with Gasteiger partial charge in [-0.05, 0) is 50.6 Å². The second-order valence-corrected chi connectivity index (χ2v) is 6.15. The zero-order valence-electron chi connectivity index (χ0n) is 11.4. The number of carbonyl (C=O) groups is 1. The number of aryl methyl sites for hydroxylation is 2. The molecule has 1 heterocycles. The van der Waals surface area contributed by atoms with Gasteiger partial charge in [0.2, 0.25) is 0 Å². The van der Waals surface area contributed by atoms with Crippen molar-refractivity contribution in [2.24, 2.45) is 0 Å². The second-order valence-electron chi connectivity index (χ2n) is 4.69. The molecule has 0 aliphatic heterocycles. The van der Waals surface area contributed by atoms with Crippen LogP contribution in [0.15, 0.2) is 30.3 Å². The number of nitrogens with one attached hydrogen (secondary N) is 1. The fourth-order valence-corrected chi connectivity index (χ4v) is 3.14. The van der Waals surface area contributed by atoms with E-state index in [1.54, 1.807) is 35.6 Å². The molecule has 0 fully saturated rings. The van der Waals surface area contributed by atoms with Gasteiger partial charge in [0.25, 0.3) is 5.91 Å². The van der Waals surface area contributed by atoms with Crippen LogP contribution in [0.3, 0.4) is 0 Å². The number of thiophene rings is 1. The number of nitrogen functional groups attached to an aromatic ring is 1. The SMILES string of the molecule is Cc1cc(C(C)NC(=O)c2cccc(N)c2)c(C)s1. The summed E-state index contributed by atoms with van der Waals surface area (Å²) < 4.78 is 0. The summed E-state index contributed by atoms with van der Waals surface area (Å²) in [6, 6.07) is 9.14. The van der Waals surface area contributed by atoms with Crippen LogP contribution in [0.1, 0.15) is 38.6 Å². The van der Waals surface area contributed by atoms with Crippen LogP contribution in [0.5, 0.6) is 0 Å². The van der Waals surface area contributed by atoms with Crippen molar-refractivity contribution in [2.75, 3.05) is 5.73 Å². The van der Waals surface area contributed by atoms with E-state index in [0.717, 1.165) is 0 Å². The molecular weight excluding hydrogens is 256 g/mol. The van der Waals surface area contributed by atoms with Crippen molar-refractivity contribution < 1.29 is 4.79 Å². The maximum Gasteiger partial charge on any atom is 0.251 e. The fourth-order valence-electron chi connectivity index (χ4n) is 2.12. The average molecular weight is 274 g/mol. The highest BCUT2D eigenvalue weighted by Gasteiger charge is 2.14. The number of hydrogen-bond donors (Lipinski definition) is 2. The molecule has 1 amide bonds. The van der Waals surface area contributed by atoms with Gasteiger partial charge in [0, 0.05) is 21.0 Å². The molecule has 0 saturated heterocycles. The summed E-state index contributed by atoms with van der Waals surface area (Å²) in [5.74, 6) is -0.0944. The van der Waals surface area contributed by atoms with Crippen LogP contribution in [-0.2, 0) is 0 Å². The molecule has 0 spiro atoms. The van der Waals surface area contributed by atoms with Crippen LogP contribution < -0.4 is 11.1 Å². The third-order valence-electron chi connectivity index (χ3n) is 3.04. The van der Waals surface area contributed by atoms with Gasteiger partial charge in [0.1, 0.15) is 0 Å². The molecule has 2 rings (SSSR count). The van der Waals surface area contributed by atoms with E-state index < -0.39 is 0 Å². The predicted molar refractivity (Wildman–Crippen MR) is 80.5 cm³/mol. The molecular formula is C15H18N2OS. The standard InChI is InChI=1S/C15H18N2OS/c1-9-7-14(11(3)19-9)10(2)17-15(18)12-5-4-6-13(16)8-12/h4-8,10H,16H2,1-3H3,(H,17,18).